The lowest BCUT2D eigenvalue weighted by atomic mass is 10.0. The highest BCUT2D eigenvalue weighted by Crippen LogP contribution is 2.15. The molecule has 1 atom stereocenters. The number of hydrogen-bond donors (Lipinski definition) is 1. The molecule has 2 aromatic rings. The Kier molecular flexibility index (Phi) is 7.99. The normalized spacial score (nSPS) is 16.2. The molecule has 0 aromatic heterocycles. The molecule has 1 aliphatic rings. The van der Waals surface area contributed by atoms with Crippen molar-refractivity contribution in [3.8, 4) is 0 Å². The minimum Gasteiger partial charge on any atom is -0.340 e. The first-order valence-corrected chi connectivity index (χ1v) is 12.3. The van der Waals surface area contributed by atoms with Gasteiger partial charge in [0.1, 0.15) is 11.9 Å². The fourth-order valence-corrected chi connectivity index (χ4v) is 4.73. The Morgan fingerprint density at radius 2 is 1.58 bits per heavy atom. The Hall–Kier alpha value is -3.04. The maximum atomic E-state index is 13.9. The van der Waals surface area contributed by atoms with Gasteiger partial charge in [-0.15, -0.1) is 0 Å². The van der Waals surface area contributed by atoms with Crippen LogP contribution in [0.5, 0.6) is 0 Å². The van der Waals surface area contributed by atoms with Crippen LogP contribution in [0.3, 0.4) is 0 Å². The summed E-state index contributed by atoms with van der Waals surface area (Å²) < 4.78 is 40.6. The van der Waals surface area contributed by atoms with Gasteiger partial charge in [0.2, 0.25) is 15.9 Å². The summed E-state index contributed by atoms with van der Waals surface area (Å²) >= 11 is 0. The van der Waals surface area contributed by atoms with Crippen LogP contribution >= 0.6 is 0 Å². The number of halogens is 1. The summed E-state index contributed by atoms with van der Waals surface area (Å²) in [5.41, 5.74) is 0.650. The zero-order valence-electron chi connectivity index (χ0n) is 18.6. The fraction of sp³-hybridized carbons (Fsp3) is 0.333. The molecule has 1 fully saturated rings. The molecule has 0 unspecified atom stereocenters. The Bertz CT molecular complexity index is 1110. The molecule has 9 heteroatoms. The SMILES string of the molecule is CC(C)[C@H](NC(=O)c1ccccc1F)C(=O)N1CCN(S(=O)(=O)/C=C/c2ccccc2)CC1. The number of sulfonamides is 1. The van der Waals surface area contributed by atoms with E-state index in [2.05, 4.69) is 5.32 Å². The molecule has 7 nitrogen and oxygen atoms in total. The number of carbonyl (C=O) groups excluding carboxylic acids is 2. The molecule has 3 rings (SSSR count). The molecule has 1 heterocycles. The number of carbonyl (C=O) groups is 2. The fourth-order valence-electron chi connectivity index (χ4n) is 3.55. The molecule has 2 amide bonds. The second-order valence-electron chi connectivity index (χ2n) is 8.16. The van der Waals surface area contributed by atoms with Crippen LogP contribution in [-0.4, -0.2) is 61.7 Å². The van der Waals surface area contributed by atoms with Crippen molar-refractivity contribution in [3.63, 3.8) is 0 Å². The van der Waals surface area contributed by atoms with Gasteiger partial charge in [0.05, 0.1) is 5.56 Å². The second-order valence-corrected chi connectivity index (χ2v) is 9.98. The van der Waals surface area contributed by atoms with Crippen molar-refractivity contribution in [1.82, 2.24) is 14.5 Å². The average molecular weight is 474 g/mol. The van der Waals surface area contributed by atoms with E-state index in [9.17, 15) is 22.4 Å². The maximum absolute atomic E-state index is 13.9. The van der Waals surface area contributed by atoms with E-state index in [0.29, 0.717) is 0 Å². The van der Waals surface area contributed by atoms with Gasteiger partial charge in [0.15, 0.2) is 0 Å². The molecular weight excluding hydrogens is 445 g/mol. The first-order chi connectivity index (χ1) is 15.7. The zero-order valence-corrected chi connectivity index (χ0v) is 19.5. The first-order valence-electron chi connectivity index (χ1n) is 10.8. The molecule has 33 heavy (non-hydrogen) atoms. The van der Waals surface area contributed by atoms with E-state index in [1.54, 1.807) is 30.9 Å². The lowest BCUT2D eigenvalue weighted by Gasteiger charge is -2.36. The first kappa shape index (κ1) is 24.6. The Labute approximate surface area is 193 Å². The van der Waals surface area contributed by atoms with E-state index >= 15 is 0 Å². The minimum atomic E-state index is -3.62. The minimum absolute atomic E-state index is 0.128. The number of nitrogens with zero attached hydrogens (tertiary/aromatic N) is 2. The van der Waals surface area contributed by atoms with Gasteiger partial charge in [-0.25, -0.2) is 12.8 Å². The molecule has 1 saturated heterocycles. The number of amides is 2. The number of nitrogens with one attached hydrogen (secondary N) is 1. The maximum Gasteiger partial charge on any atom is 0.254 e. The highest BCUT2D eigenvalue weighted by Gasteiger charge is 2.33. The van der Waals surface area contributed by atoms with Crippen LogP contribution < -0.4 is 5.32 Å². The van der Waals surface area contributed by atoms with E-state index in [1.165, 1.54) is 27.9 Å². The summed E-state index contributed by atoms with van der Waals surface area (Å²) in [7, 11) is -3.62. The third-order valence-corrected chi connectivity index (χ3v) is 7.04. The average Bonchev–Trinajstić information content (AvgIpc) is 2.81. The zero-order chi connectivity index (χ0) is 24.0. The highest BCUT2D eigenvalue weighted by atomic mass is 32.2. The van der Waals surface area contributed by atoms with Crippen LogP contribution in [0, 0.1) is 11.7 Å². The molecule has 2 aromatic carbocycles. The van der Waals surface area contributed by atoms with Crippen molar-refractivity contribution in [2.24, 2.45) is 5.92 Å². The third-order valence-electron chi connectivity index (χ3n) is 5.48. The lowest BCUT2D eigenvalue weighted by molar-refractivity contribution is -0.135. The van der Waals surface area contributed by atoms with E-state index in [0.717, 1.165) is 5.56 Å². The van der Waals surface area contributed by atoms with E-state index in [-0.39, 0.29) is 43.6 Å². The summed E-state index contributed by atoms with van der Waals surface area (Å²) in [6, 6.07) is 13.9. The molecular formula is C24H28FN3O4S. The number of rotatable bonds is 7. The van der Waals surface area contributed by atoms with Crippen molar-refractivity contribution < 1.29 is 22.4 Å². The Morgan fingerprint density at radius 1 is 0.970 bits per heavy atom. The Balaban J connectivity index is 1.62. The van der Waals surface area contributed by atoms with Gasteiger partial charge in [0.25, 0.3) is 5.91 Å². The van der Waals surface area contributed by atoms with Crippen LogP contribution in [0.25, 0.3) is 6.08 Å². The van der Waals surface area contributed by atoms with Crippen LogP contribution in [0.1, 0.15) is 29.8 Å². The number of piperazine rings is 1. The monoisotopic (exact) mass is 473 g/mol. The quantitative estimate of drug-likeness (QED) is 0.670. The van der Waals surface area contributed by atoms with Crippen molar-refractivity contribution in [1.29, 1.82) is 0 Å². The lowest BCUT2D eigenvalue weighted by Crippen LogP contribution is -2.57. The van der Waals surface area contributed by atoms with Gasteiger partial charge >= 0.3 is 0 Å². The van der Waals surface area contributed by atoms with Gasteiger partial charge < -0.3 is 10.2 Å². The summed E-state index contributed by atoms with van der Waals surface area (Å²) in [6.07, 6.45) is 1.54. The predicted octanol–water partition coefficient (Wildman–Crippen LogP) is 2.73. The van der Waals surface area contributed by atoms with Crippen molar-refractivity contribution in [2.75, 3.05) is 26.2 Å². The highest BCUT2D eigenvalue weighted by molar-refractivity contribution is 7.92. The molecule has 0 bridgehead atoms. The Morgan fingerprint density at radius 3 is 2.18 bits per heavy atom. The van der Waals surface area contributed by atoms with Gasteiger partial charge in [-0.3, -0.25) is 9.59 Å². The summed E-state index contributed by atoms with van der Waals surface area (Å²) in [5, 5.41) is 3.81. The van der Waals surface area contributed by atoms with Gasteiger partial charge in [-0.05, 0) is 29.7 Å². The van der Waals surface area contributed by atoms with Gasteiger partial charge in [-0.1, -0.05) is 56.3 Å². The third kappa shape index (κ3) is 6.27. The standard InChI is InChI=1S/C24H28FN3O4S/c1-18(2)22(26-23(29)20-10-6-7-11-21(20)25)24(30)27-13-15-28(16-14-27)33(31,32)17-12-19-8-4-3-5-9-19/h3-12,17-18,22H,13-16H2,1-2H3,(H,26,29)/b17-12+/t22-/m0/s1. The van der Waals surface area contributed by atoms with Crippen molar-refractivity contribution in [2.45, 2.75) is 19.9 Å². The van der Waals surface area contributed by atoms with Crippen LogP contribution in [0.2, 0.25) is 0 Å². The summed E-state index contributed by atoms with van der Waals surface area (Å²) in [6.45, 7) is 4.29. The summed E-state index contributed by atoms with van der Waals surface area (Å²) in [5.74, 6) is -1.87. The van der Waals surface area contributed by atoms with Gasteiger partial charge in [0, 0.05) is 31.6 Å². The van der Waals surface area contributed by atoms with Crippen molar-refractivity contribution >= 4 is 27.9 Å². The number of hydrogen-bond acceptors (Lipinski definition) is 4. The number of benzene rings is 2. The van der Waals surface area contributed by atoms with Crippen LogP contribution in [0.15, 0.2) is 60.0 Å². The van der Waals surface area contributed by atoms with Gasteiger partial charge in [-0.2, -0.15) is 4.31 Å². The smallest absolute Gasteiger partial charge is 0.254 e. The van der Waals surface area contributed by atoms with E-state index in [4.69, 9.17) is 0 Å². The molecule has 1 aliphatic heterocycles. The molecule has 0 spiro atoms. The molecule has 1 N–H and O–H groups in total. The largest absolute Gasteiger partial charge is 0.340 e. The second kappa shape index (κ2) is 10.7. The topological polar surface area (TPSA) is 86.8 Å². The predicted molar refractivity (Wildman–Crippen MR) is 125 cm³/mol. The molecule has 0 saturated carbocycles. The van der Waals surface area contributed by atoms with Crippen molar-refractivity contribution in [3.05, 3.63) is 76.9 Å². The molecule has 176 valence electrons. The molecule has 0 radical (unpaired) electrons. The summed E-state index contributed by atoms with van der Waals surface area (Å²) in [4.78, 5) is 27.2. The van der Waals surface area contributed by atoms with E-state index < -0.39 is 27.8 Å². The van der Waals surface area contributed by atoms with Crippen LogP contribution in [-0.2, 0) is 14.8 Å². The van der Waals surface area contributed by atoms with E-state index in [1.807, 2.05) is 30.3 Å². The van der Waals surface area contributed by atoms with Crippen LogP contribution in [0.4, 0.5) is 4.39 Å². The molecule has 0 aliphatic carbocycles.